The van der Waals surface area contributed by atoms with Crippen LogP contribution in [0.3, 0.4) is 0 Å². The lowest BCUT2D eigenvalue weighted by atomic mass is 10.3. The van der Waals surface area contributed by atoms with E-state index in [2.05, 4.69) is 9.71 Å². The van der Waals surface area contributed by atoms with E-state index in [0.29, 0.717) is 22.8 Å². The molecule has 0 radical (unpaired) electrons. The van der Waals surface area contributed by atoms with E-state index in [0.717, 1.165) is 16.2 Å². The number of benzene rings is 2. The third-order valence-electron chi connectivity index (χ3n) is 4.49. The zero-order valence-corrected chi connectivity index (χ0v) is 18.6. The molecule has 0 bridgehead atoms. The number of ether oxygens (including phenoxy) is 1. The average molecular weight is 466 g/mol. The van der Waals surface area contributed by atoms with Crippen LogP contribution in [0.4, 0.5) is 16.2 Å². The minimum Gasteiger partial charge on any atom is -0.410 e. The number of pyridine rings is 1. The second-order valence-electron chi connectivity index (χ2n) is 6.73. The molecule has 0 saturated heterocycles. The van der Waals surface area contributed by atoms with Gasteiger partial charge >= 0.3 is 6.09 Å². The van der Waals surface area contributed by atoms with Gasteiger partial charge in [0.1, 0.15) is 9.96 Å². The number of hydrogen-bond acceptors (Lipinski definition) is 6. The molecule has 4 aromatic rings. The van der Waals surface area contributed by atoms with Crippen molar-refractivity contribution >= 4 is 38.8 Å². The molecule has 32 heavy (non-hydrogen) atoms. The van der Waals surface area contributed by atoms with Crippen molar-refractivity contribution in [1.82, 2.24) is 4.98 Å². The highest BCUT2D eigenvalue weighted by atomic mass is 32.2. The second kappa shape index (κ2) is 9.21. The van der Waals surface area contributed by atoms with Crippen LogP contribution in [0.25, 0.3) is 10.6 Å². The molecule has 0 aliphatic heterocycles. The summed E-state index contributed by atoms with van der Waals surface area (Å²) in [5.74, 6) is 0.300. The molecule has 7 nitrogen and oxygen atoms in total. The van der Waals surface area contributed by atoms with E-state index in [4.69, 9.17) is 4.74 Å². The molecule has 0 spiro atoms. The molecule has 0 aliphatic carbocycles. The number of nitrogens with one attached hydrogen (secondary N) is 1. The lowest BCUT2D eigenvalue weighted by molar-refractivity contribution is 0.209. The number of thiophene rings is 1. The zero-order chi connectivity index (χ0) is 22.6. The third-order valence-corrected chi connectivity index (χ3v) is 7.47. The van der Waals surface area contributed by atoms with Gasteiger partial charge in [-0.2, -0.15) is 0 Å². The fraction of sp³-hybridized carbons (Fsp3) is 0.0435. The molecule has 1 N–H and O–H groups in total. The fourth-order valence-corrected chi connectivity index (χ4v) is 5.18. The average Bonchev–Trinajstić information content (AvgIpc) is 3.32. The van der Waals surface area contributed by atoms with Crippen LogP contribution < -0.4 is 14.4 Å². The molecule has 0 atom stereocenters. The van der Waals surface area contributed by atoms with Crippen molar-refractivity contribution in [2.24, 2.45) is 0 Å². The van der Waals surface area contributed by atoms with E-state index in [1.54, 1.807) is 43.6 Å². The van der Waals surface area contributed by atoms with Gasteiger partial charge in [-0.25, -0.2) is 13.2 Å². The summed E-state index contributed by atoms with van der Waals surface area (Å²) in [6, 6.07) is 24.0. The van der Waals surface area contributed by atoms with Gasteiger partial charge < -0.3 is 4.74 Å². The van der Waals surface area contributed by atoms with E-state index in [1.165, 1.54) is 29.2 Å². The van der Waals surface area contributed by atoms with Gasteiger partial charge in [0.25, 0.3) is 10.0 Å². The van der Waals surface area contributed by atoms with E-state index >= 15 is 0 Å². The lowest BCUT2D eigenvalue weighted by Crippen LogP contribution is -2.29. The summed E-state index contributed by atoms with van der Waals surface area (Å²) in [6.45, 7) is 0. The van der Waals surface area contributed by atoms with E-state index < -0.39 is 16.1 Å². The predicted molar refractivity (Wildman–Crippen MR) is 126 cm³/mol. The molecular weight excluding hydrogens is 446 g/mol. The highest BCUT2D eigenvalue weighted by Crippen LogP contribution is 2.30. The smallest absolute Gasteiger partial charge is 0.410 e. The number of para-hydroxylation sites is 1. The molecule has 2 aromatic carbocycles. The van der Waals surface area contributed by atoms with Crippen molar-refractivity contribution in [2.75, 3.05) is 16.7 Å². The van der Waals surface area contributed by atoms with Gasteiger partial charge in [-0.05, 0) is 60.7 Å². The first-order chi connectivity index (χ1) is 15.4. The van der Waals surface area contributed by atoms with Crippen LogP contribution in [-0.2, 0) is 10.0 Å². The molecule has 0 saturated carbocycles. The number of rotatable bonds is 6. The van der Waals surface area contributed by atoms with Gasteiger partial charge in [0, 0.05) is 24.6 Å². The Kier molecular flexibility index (Phi) is 6.20. The SMILES string of the molecule is CN(C(=O)Oc1ccc(NS(=O)(=O)c2ccc(-c3ccccn3)s2)cc1)c1ccccc1. The van der Waals surface area contributed by atoms with Crippen molar-refractivity contribution in [3.63, 3.8) is 0 Å². The monoisotopic (exact) mass is 465 g/mol. The van der Waals surface area contributed by atoms with Crippen molar-refractivity contribution < 1.29 is 17.9 Å². The number of sulfonamides is 1. The summed E-state index contributed by atoms with van der Waals surface area (Å²) in [4.78, 5) is 18.7. The van der Waals surface area contributed by atoms with Gasteiger partial charge in [0.15, 0.2) is 0 Å². The summed E-state index contributed by atoms with van der Waals surface area (Å²) in [5, 5.41) is 0. The molecule has 1 amide bonds. The highest BCUT2D eigenvalue weighted by Gasteiger charge is 2.18. The van der Waals surface area contributed by atoms with Gasteiger partial charge in [-0.3, -0.25) is 14.6 Å². The number of hydrogen-bond donors (Lipinski definition) is 1. The Morgan fingerprint density at radius 3 is 2.34 bits per heavy atom. The topological polar surface area (TPSA) is 88.6 Å². The number of amides is 1. The minimum atomic E-state index is -3.76. The fourth-order valence-electron chi connectivity index (χ4n) is 2.83. The Labute approximate surface area is 190 Å². The van der Waals surface area contributed by atoms with Gasteiger partial charge in [-0.15, -0.1) is 11.3 Å². The molecule has 0 aliphatic rings. The second-order valence-corrected chi connectivity index (χ2v) is 9.72. The van der Waals surface area contributed by atoms with Gasteiger partial charge in [0.2, 0.25) is 0 Å². The first-order valence-corrected chi connectivity index (χ1v) is 11.9. The van der Waals surface area contributed by atoms with Crippen LogP contribution in [-0.4, -0.2) is 26.5 Å². The molecule has 162 valence electrons. The molecular formula is C23H19N3O4S2. The molecule has 2 aromatic heterocycles. The maximum atomic E-state index is 12.7. The first-order valence-electron chi connectivity index (χ1n) is 9.57. The molecule has 0 fully saturated rings. The number of anilines is 2. The van der Waals surface area contributed by atoms with Crippen molar-refractivity contribution in [3.05, 3.63) is 91.1 Å². The van der Waals surface area contributed by atoms with Crippen LogP contribution >= 0.6 is 11.3 Å². The van der Waals surface area contributed by atoms with Crippen LogP contribution in [0, 0.1) is 0 Å². The largest absolute Gasteiger partial charge is 0.419 e. The summed E-state index contributed by atoms with van der Waals surface area (Å²) in [6.07, 6.45) is 1.11. The van der Waals surface area contributed by atoms with Gasteiger partial charge in [-0.1, -0.05) is 24.3 Å². The van der Waals surface area contributed by atoms with Crippen molar-refractivity contribution in [3.8, 4) is 16.3 Å². The van der Waals surface area contributed by atoms with Crippen LogP contribution in [0.2, 0.25) is 0 Å². The van der Waals surface area contributed by atoms with Crippen LogP contribution in [0.1, 0.15) is 0 Å². The minimum absolute atomic E-state index is 0.179. The summed E-state index contributed by atoms with van der Waals surface area (Å²) >= 11 is 1.14. The maximum Gasteiger partial charge on any atom is 0.419 e. The summed E-state index contributed by atoms with van der Waals surface area (Å²) in [7, 11) is -2.15. The Balaban J connectivity index is 1.42. The number of carbonyl (C=O) groups excluding carboxylic acids is 1. The Hall–Kier alpha value is -3.69. The molecule has 4 rings (SSSR count). The van der Waals surface area contributed by atoms with Gasteiger partial charge in [0.05, 0.1) is 10.6 Å². The maximum absolute atomic E-state index is 12.7. The number of aromatic nitrogens is 1. The van der Waals surface area contributed by atoms with E-state index in [9.17, 15) is 13.2 Å². The quantitative estimate of drug-likeness (QED) is 0.420. The zero-order valence-electron chi connectivity index (χ0n) is 17.0. The standard InChI is InChI=1S/C23H19N3O4S2/c1-26(18-7-3-2-4-8-18)23(27)30-19-12-10-17(11-13-19)25-32(28,29)22-15-14-21(31-22)20-9-5-6-16-24-20/h2-16,25H,1H3. The van der Waals surface area contributed by atoms with Crippen LogP contribution in [0.5, 0.6) is 5.75 Å². The summed E-state index contributed by atoms with van der Waals surface area (Å²) < 4.78 is 33.6. The van der Waals surface area contributed by atoms with Crippen molar-refractivity contribution in [1.29, 1.82) is 0 Å². The predicted octanol–water partition coefficient (Wildman–Crippen LogP) is 5.25. The lowest BCUT2D eigenvalue weighted by Gasteiger charge is -2.16. The van der Waals surface area contributed by atoms with E-state index in [-0.39, 0.29) is 4.21 Å². The molecule has 0 unspecified atom stereocenters. The normalized spacial score (nSPS) is 11.0. The molecule has 2 heterocycles. The van der Waals surface area contributed by atoms with E-state index in [1.807, 2.05) is 30.3 Å². The van der Waals surface area contributed by atoms with Crippen molar-refractivity contribution in [2.45, 2.75) is 4.21 Å². The highest BCUT2D eigenvalue weighted by molar-refractivity contribution is 7.94. The Bertz CT molecular complexity index is 1310. The molecule has 9 heteroatoms. The summed E-state index contributed by atoms with van der Waals surface area (Å²) in [5.41, 5.74) is 1.77. The Morgan fingerprint density at radius 2 is 1.66 bits per heavy atom. The third kappa shape index (κ3) is 4.96. The number of carbonyl (C=O) groups is 1. The van der Waals surface area contributed by atoms with Crippen LogP contribution in [0.15, 0.2) is 95.3 Å². The number of nitrogens with zero attached hydrogens (tertiary/aromatic N) is 2. The first kappa shape index (κ1) is 21.5. The Morgan fingerprint density at radius 1 is 0.938 bits per heavy atom.